The summed E-state index contributed by atoms with van der Waals surface area (Å²) in [4.78, 5) is 1.51. The molecule has 0 amide bonds. The van der Waals surface area contributed by atoms with E-state index in [9.17, 15) is 8.42 Å². The van der Waals surface area contributed by atoms with Crippen molar-refractivity contribution in [3.63, 3.8) is 0 Å². The average molecular weight is 484 g/mol. The molecule has 0 bridgehead atoms. The SMILES string of the molecule is CCCCCCCCCC(CSc1ccc2ccccc2c1)NS(=O)(=O)c1ccc(C)cc1. The summed E-state index contributed by atoms with van der Waals surface area (Å²) in [5.41, 5.74) is 1.06. The molecule has 3 rings (SSSR count). The Hall–Kier alpha value is -1.82. The quantitative estimate of drug-likeness (QED) is 0.188. The van der Waals surface area contributed by atoms with Crippen molar-refractivity contribution in [2.24, 2.45) is 0 Å². The number of aryl methyl sites for hydroxylation is 1. The molecule has 0 saturated carbocycles. The molecule has 0 fully saturated rings. The van der Waals surface area contributed by atoms with Crippen LogP contribution >= 0.6 is 11.8 Å². The maximum absolute atomic E-state index is 13.0. The van der Waals surface area contributed by atoms with Crippen LogP contribution in [0.3, 0.4) is 0 Å². The summed E-state index contributed by atoms with van der Waals surface area (Å²) in [5.74, 6) is 0.721. The van der Waals surface area contributed by atoms with Crippen LogP contribution in [0.5, 0.6) is 0 Å². The molecule has 1 unspecified atom stereocenters. The van der Waals surface area contributed by atoms with Crippen LogP contribution in [0.2, 0.25) is 0 Å². The van der Waals surface area contributed by atoms with Crippen molar-refractivity contribution in [3.8, 4) is 0 Å². The van der Waals surface area contributed by atoms with Gasteiger partial charge in [-0.25, -0.2) is 13.1 Å². The number of fused-ring (bicyclic) bond motifs is 1. The zero-order chi connectivity index (χ0) is 23.5. The van der Waals surface area contributed by atoms with Gasteiger partial charge in [0.15, 0.2) is 0 Å². The fourth-order valence-corrected chi connectivity index (χ4v) is 6.38. The zero-order valence-electron chi connectivity index (χ0n) is 19.9. The first-order chi connectivity index (χ1) is 16.0. The van der Waals surface area contributed by atoms with E-state index in [0.29, 0.717) is 4.90 Å². The van der Waals surface area contributed by atoms with Crippen molar-refractivity contribution in [2.75, 3.05) is 5.75 Å². The minimum absolute atomic E-state index is 0.0941. The van der Waals surface area contributed by atoms with Crippen molar-refractivity contribution in [1.29, 1.82) is 0 Å². The summed E-state index contributed by atoms with van der Waals surface area (Å²) in [6, 6.07) is 21.8. The van der Waals surface area contributed by atoms with Gasteiger partial charge in [-0.1, -0.05) is 99.9 Å². The molecule has 178 valence electrons. The molecular formula is C28H37NO2S2. The standard InChI is InChI=1S/C28H37NO2S2/c1-3-4-5-6-7-8-9-14-26(29-33(30,31)28-19-15-23(2)16-20-28)22-32-27-18-17-24-12-10-11-13-25(24)21-27/h10-13,15-21,26,29H,3-9,14,22H2,1-2H3. The van der Waals surface area contributed by atoms with Crippen molar-refractivity contribution >= 4 is 32.6 Å². The van der Waals surface area contributed by atoms with E-state index in [1.54, 1.807) is 23.9 Å². The van der Waals surface area contributed by atoms with E-state index >= 15 is 0 Å². The molecule has 0 aromatic heterocycles. The van der Waals surface area contributed by atoms with Crippen LogP contribution in [0.1, 0.15) is 63.9 Å². The van der Waals surface area contributed by atoms with E-state index in [1.165, 1.54) is 47.8 Å². The van der Waals surface area contributed by atoms with Gasteiger partial charge in [0.2, 0.25) is 10.0 Å². The van der Waals surface area contributed by atoms with Crippen molar-refractivity contribution < 1.29 is 8.42 Å². The highest BCUT2D eigenvalue weighted by atomic mass is 32.2. The van der Waals surface area contributed by atoms with Gasteiger partial charge >= 0.3 is 0 Å². The Bertz CT molecular complexity index is 1090. The van der Waals surface area contributed by atoms with Gasteiger partial charge in [-0.05, 0) is 48.4 Å². The third-order valence-corrected chi connectivity index (χ3v) is 8.67. The van der Waals surface area contributed by atoms with Gasteiger partial charge in [0.1, 0.15) is 0 Å². The molecule has 3 aromatic rings. The van der Waals surface area contributed by atoms with Crippen LogP contribution in [0.25, 0.3) is 10.8 Å². The van der Waals surface area contributed by atoms with Gasteiger partial charge in [-0.2, -0.15) is 0 Å². The van der Waals surface area contributed by atoms with Crippen LogP contribution in [0.15, 0.2) is 76.5 Å². The second kappa shape index (κ2) is 13.2. The third-order valence-electron chi connectivity index (χ3n) is 5.98. The van der Waals surface area contributed by atoms with Crippen LogP contribution in [0, 0.1) is 6.92 Å². The van der Waals surface area contributed by atoms with Gasteiger partial charge in [-0.15, -0.1) is 11.8 Å². The zero-order valence-corrected chi connectivity index (χ0v) is 21.6. The molecule has 1 N–H and O–H groups in total. The maximum atomic E-state index is 13.0. The molecule has 5 heteroatoms. The molecule has 1 atom stereocenters. The summed E-state index contributed by atoms with van der Waals surface area (Å²) in [5, 5.41) is 2.44. The van der Waals surface area contributed by atoms with Crippen LogP contribution in [-0.2, 0) is 10.0 Å². The molecule has 0 aliphatic rings. The summed E-state index contributed by atoms with van der Waals surface area (Å²) < 4.78 is 29.1. The Labute approximate surface area is 204 Å². The molecule has 0 saturated heterocycles. The van der Waals surface area contributed by atoms with E-state index in [0.717, 1.165) is 30.6 Å². The molecule has 0 heterocycles. The first-order valence-electron chi connectivity index (χ1n) is 12.2. The van der Waals surface area contributed by atoms with Crippen LogP contribution in [-0.4, -0.2) is 20.2 Å². The normalized spacial score (nSPS) is 12.8. The third kappa shape index (κ3) is 8.47. The predicted octanol–water partition coefficient (Wildman–Crippen LogP) is 7.73. The molecule has 33 heavy (non-hydrogen) atoms. The Morgan fingerprint density at radius 1 is 0.818 bits per heavy atom. The van der Waals surface area contributed by atoms with E-state index in [4.69, 9.17) is 0 Å². The molecular weight excluding hydrogens is 446 g/mol. The van der Waals surface area contributed by atoms with Crippen molar-refractivity contribution in [3.05, 3.63) is 72.3 Å². The number of nitrogens with one attached hydrogen (secondary N) is 1. The number of hydrogen-bond donors (Lipinski definition) is 1. The highest BCUT2D eigenvalue weighted by Gasteiger charge is 2.20. The smallest absolute Gasteiger partial charge is 0.207 e. The van der Waals surface area contributed by atoms with Gasteiger partial charge < -0.3 is 0 Å². The highest BCUT2D eigenvalue weighted by molar-refractivity contribution is 7.99. The largest absolute Gasteiger partial charge is 0.240 e. The van der Waals surface area contributed by atoms with Crippen molar-refractivity contribution in [2.45, 2.75) is 81.0 Å². The van der Waals surface area contributed by atoms with Crippen molar-refractivity contribution in [1.82, 2.24) is 4.72 Å². The molecule has 3 nitrogen and oxygen atoms in total. The number of thioether (sulfide) groups is 1. The Kier molecular flexibility index (Phi) is 10.3. The Balaban J connectivity index is 1.62. The summed E-state index contributed by atoms with van der Waals surface area (Å²) in [6.45, 7) is 4.20. The summed E-state index contributed by atoms with van der Waals surface area (Å²) >= 11 is 1.73. The lowest BCUT2D eigenvalue weighted by Gasteiger charge is -2.19. The lowest BCUT2D eigenvalue weighted by atomic mass is 10.1. The van der Waals surface area contributed by atoms with E-state index in [2.05, 4.69) is 48.0 Å². The number of hydrogen-bond acceptors (Lipinski definition) is 3. The van der Waals surface area contributed by atoms with E-state index in [1.807, 2.05) is 25.1 Å². The van der Waals surface area contributed by atoms with Gasteiger partial charge in [0.25, 0.3) is 0 Å². The number of unbranched alkanes of at least 4 members (excludes halogenated alkanes) is 6. The lowest BCUT2D eigenvalue weighted by Crippen LogP contribution is -2.36. The minimum Gasteiger partial charge on any atom is -0.207 e. The maximum Gasteiger partial charge on any atom is 0.240 e. The molecule has 0 spiro atoms. The van der Waals surface area contributed by atoms with Crippen LogP contribution < -0.4 is 4.72 Å². The van der Waals surface area contributed by atoms with Gasteiger partial charge in [0, 0.05) is 16.7 Å². The monoisotopic (exact) mass is 483 g/mol. The fourth-order valence-electron chi connectivity index (χ4n) is 3.98. The summed E-state index contributed by atoms with van der Waals surface area (Å²) in [7, 11) is -3.53. The number of sulfonamides is 1. The van der Waals surface area contributed by atoms with Crippen LogP contribution in [0.4, 0.5) is 0 Å². The lowest BCUT2D eigenvalue weighted by molar-refractivity contribution is 0.516. The number of benzene rings is 3. The van der Waals surface area contributed by atoms with Gasteiger partial charge in [0.05, 0.1) is 4.90 Å². The average Bonchev–Trinajstić information content (AvgIpc) is 2.81. The first kappa shape index (κ1) is 25.8. The molecule has 0 radical (unpaired) electrons. The Morgan fingerprint density at radius 2 is 1.48 bits per heavy atom. The fraction of sp³-hybridized carbons (Fsp3) is 0.429. The second-order valence-electron chi connectivity index (χ2n) is 8.86. The highest BCUT2D eigenvalue weighted by Crippen LogP contribution is 2.26. The summed E-state index contributed by atoms with van der Waals surface area (Å²) in [6.07, 6.45) is 9.45. The molecule has 0 aliphatic carbocycles. The minimum atomic E-state index is -3.53. The molecule has 3 aromatic carbocycles. The second-order valence-corrected chi connectivity index (χ2v) is 11.7. The van der Waals surface area contributed by atoms with Gasteiger partial charge in [-0.3, -0.25) is 0 Å². The number of rotatable bonds is 14. The predicted molar refractivity (Wildman–Crippen MR) is 143 cm³/mol. The first-order valence-corrected chi connectivity index (χ1v) is 14.7. The topological polar surface area (TPSA) is 46.2 Å². The Morgan fingerprint density at radius 3 is 2.21 bits per heavy atom. The van der Waals surface area contributed by atoms with E-state index < -0.39 is 10.0 Å². The van der Waals surface area contributed by atoms with E-state index in [-0.39, 0.29) is 6.04 Å². The molecule has 0 aliphatic heterocycles.